The van der Waals surface area contributed by atoms with Crippen LogP contribution in [0.1, 0.15) is 12.5 Å². The van der Waals surface area contributed by atoms with Gasteiger partial charge in [0.1, 0.15) is 0 Å². The van der Waals surface area contributed by atoms with Crippen LogP contribution in [0.4, 0.5) is 18.0 Å². The van der Waals surface area contributed by atoms with Gasteiger partial charge in [-0.05, 0) is 12.5 Å². The molecule has 0 heterocycles. The van der Waals surface area contributed by atoms with E-state index in [1.807, 2.05) is 0 Å². The third-order valence-electron chi connectivity index (χ3n) is 2.28. The van der Waals surface area contributed by atoms with Crippen LogP contribution in [0.5, 0.6) is 0 Å². The van der Waals surface area contributed by atoms with E-state index >= 15 is 0 Å². The van der Waals surface area contributed by atoms with Crippen molar-refractivity contribution < 1.29 is 23.1 Å². The Balaban J connectivity index is 3.21. The largest absolute Gasteiger partial charge is 0.465 e. The first-order valence-corrected chi connectivity index (χ1v) is 4.41. The molecule has 0 bridgehead atoms. The molecule has 6 heteroatoms. The smallest absolute Gasteiger partial charge is 0.415 e. The third kappa shape index (κ3) is 2.26. The van der Waals surface area contributed by atoms with Gasteiger partial charge in [0, 0.05) is 0 Å². The van der Waals surface area contributed by atoms with Gasteiger partial charge in [0.15, 0.2) is 5.54 Å². The fourth-order valence-corrected chi connectivity index (χ4v) is 1.29. The average molecular weight is 233 g/mol. The van der Waals surface area contributed by atoms with Gasteiger partial charge in [-0.1, -0.05) is 30.3 Å². The summed E-state index contributed by atoms with van der Waals surface area (Å²) in [5, 5.41) is 9.97. The van der Waals surface area contributed by atoms with Crippen molar-refractivity contribution in [2.24, 2.45) is 0 Å². The molecule has 1 amide bonds. The molecule has 0 saturated heterocycles. The van der Waals surface area contributed by atoms with Crippen LogP contribution in [0.15, 0.2) is 30.3 Å². The minimum atomic E-state index is -4.70. The van der Waals surface area contributed by atoms with E-state index in [4.69, 9.17) is 5.11 Å². The number of halogens is 3. The first-order valence-electron chi connectivity index (χ1n) is 4.41. The number of hydrogen-bond donors (Lipinski definition) is 2. The summed E-state index contributed by atoms with van der Waals surface area (Å²) in [5.74, 6) is 0. The zero-order valence-corrected chi connectivity index (χ0v) is 8.38. The Kier molecular flexibility index (Phi) is 3.11. The summed E-state index contributed by atoms with van der Waals surface area (Å²) < 4.78 is 38.5. The molecule has 0 fully saturated rings. The number of rotatable bonds is 2. The van der Waals surface area contributed by atoms with Gasteiger partial charge in [-0.25, -0.2) is 4.79 Å². The molecule has 0 aliphatic carbocycles. The van der Waals surface area contributed by atoms with Crippen LogP contribution in [-0.2, 0) is 5.54 Å². The van der Waals surface area contributed by atoms with Gasteiger partial charge in [0.2, 0.25) is 0 Å². The van der Waals surface area contributed by atoms with Crippen molar-refractivity contribution in [3.05, 3.63) is 35.9 Å². The molecule has 1 atom stereocenters. The van der Waals surface area contributed by atoms with E-state index in [1.54, 1.807) is 6.07 Å². The number of nitrogens with one attached hydrogen (secondary N) is 1. The highest BCUT2D eigenvalue weighted by Crippen LogP contribution is 2.38. The lowest BCUT2D eigenvalue weighted by atomic mass is 9.91. The predicted octanol–water partition coefficient (Wildman–Crippen LogP) is 2.73. The maximum absolute atomic E-state index is 12.8. The molecule has 0 aromatic heterocycles. The lowest BCUT2D eigenvalue weighted by Crippen LogP contribution is -2.53. The molecule has 1 rings (SSSR count). The summed E-state index contributed by atoms with van der Waals surface area (Å²) in [6.45, 7) is 0.788. The van der Waals surface area contributed by atoms with E-state index in [0.29, 0.717) is 0 Å². The van der Waals surface area contributed by atoms with Gasteiger partial charge in [0.25, 0.3) is 0 Å². The second kappa shape index (κ2) is 4.03. The third-order valence-corrected chi connectivity index (χ3v) is 2.28. The normalized spacial score (nSPS) is 15.2. The van der Waals surface area contributed by atoms with Crippen molar-refractivity contribution in [2.75, 3.05) is 0 Å². The van der Waals surface area contributed by atoms with Crippen LogP contribution in [0.25, 0.3) is 0 Å². The fourth-order valence-electron chi connectivity index (χ4n) is 1.29. The number of benzene rings is 1. The van der Waals surface area contributed by atoms with Gasteiger partial charge in [-0.3, -0.25) is 0 Å². The Morgan fingerprint density at radius 3 is 2.12 bits per heavy atom. The Labute approximate surface area is 89.9 Å². The SMILES string of the molecule is CC(NC(=O)O)(c1ccccc1)C(F)(F)F. The first kappa shape index (κ1) is 12.4. The summed E-state index contributed by atoms with van der Waals surface area (Å²) in [5.41, 5.74) is -2.75. The number of amides is 1. The van der Waals surface area contributed by atoms with Crippen LogP contribution in [-0.4, -0.2) is 17.4 Å². The topological polar surface area (TPSA) is 49.3 Å². The average Bonchev–Trinajstić information content (AvgIpc) is 2.16. The molecule has 3 nitrogen and oxygen atoms in total. The van der Waals surface area contributed by atoms with Gasteiger partial charge in [0.05, 0.1) is 0 Å². The molecule has 1 unspecified atom stereocenters. The fraction of sp³-hybridized carbons (Fsp3) is 0.300. The monoisotopic (exact) mass is 233 g/mol. The summed E-state index contributed by atoms with van der Waals surface area (Å²) in [6, 6.07) is 6.85. The van der Waals surface area contributed by atoms with Crippen LogP contribution in [0, 0.1) is 0 Å². The molecule has 16 heavy (non-hydrogen) atoms. The molecule has 0 spiro atoms. The molecular weight excluding hydrogens is 223 g/mol. The highest BCUT2D eigenvalue weighted by Gasteiger charge is 2.53. The molecule has 88 valence electrons. The van der Waals surface area contributed by atoms with Crippen molar-refractivity contribution in [3.63, 3.8) is 0 Å². The second-order valence-corrected chi connectivity index (χ2v) is 3.42. The maximum Gasteiger partial charge on any atom is 0.415 e. The van der Waals surface area contributed by atoms with E-state index in [2.05, 4.69) is 0 Å². The lowest BCUT2D eigenvalue weighted by molar-refractivity contribution is -0.192. The first-order chi connectivity index (χ1) is 7.27. The minimum Gasteiger partial charge on any atom is -0.465 e. The molecular formula is C10H10F3NO2. The van der Waals surface area contributed by atoms with Crippen molar-refractivity contribution in [1.82, 2.24) is 5.32 Å². The molecule has 0 radical (unpaired) electrons. The Morgan fingerprint density at radius 2 is 1.75 bits per heavy atom. The summed E-state index contributed by atoms with van der Waals surface area (Å²) in [6.07, 6.45) is -6.42. The van der Waals surface area contributed by atoms with E-state index in [0.717, 1.165) is 6.92 Å². The molecule has 0 aliphatic rings. The Hall–Kier alpha value is -1.72. The van der Waals surface area contributed by atoms with Crippen LogP contribution >= 0.6 is 0 Å². The quantitative estimate of drug-likeness (QED) is 0.825. The molecule has 1 aromatic carbocycles. The molecule has 0 saturated carbocycles. The van der Waals surface area contributed by atoms with Crippen molar-refractivity contribution >= 4 is 6.09 Å². The van der Waals surface area contributed by atoms with Crippen molar-refractivity contribution in [3.8, 4) is 0 Å². The molecule has 0 aliphatic heterocycles. The number of alkyl halides is 3. The number of hydrogen-bond acceptors (Lipinski definition) is 1. The minimum absolute atomic E-state index is 0.148. The summed E-state index contributed by atoms with van der Waals surface area (Å²) in [4.78, 5) is 10.4. The van der Waals surface area contributed by atoms with Crippen LogP contribution < -0.4 is 5.32 Å². The van der Waals surface area contributed by atoms with Crippen molar-refractivity contribution in [1.29, 1.82) is 0 Å². The van der Waals surface area contributed by atoms with Gasteiger partial charge in [-0.2, -0.15) is 13.2 Å². The highest BCUT2D eigenvalue weighted by molar-refractivity contribution is 5.66. The van der Waals surface area contributed by atoms with Gasteiger partial charge < -0.3 is 10.4 Å². The van der Waals surface area contributed by atoms with E-state index < -0.39 is 17.8 Å². The lowest BCUT2D eigenvalue weighted by Gasteiger charge is -2.32. The van der Waals surface area contributed by atoms with Gasteiger partial charge >= 0.3 is 12.3 Å². The Morgan fingerprint density at radius 1 is 1.25 bits per heavy atom. The predicted molar refractivity (Wildman–Crippen MR) is 51.0 cm³/mol. The van der Waals surface area contributed by atoms with Crippen LogP contribution in [0.3, 0.4) is 0 Å². The number of carboxylic acid groups (broad SMARTS) is 1. The summed E-state index contributed by atoms with van der Waals surface area (Å²) >= 11 is 0. The second-order valence-electron chi connectivity index (χ2n) is 3.42. The van der Waals surface area contributed by atoms with E-state index in [9.17, 15) is 18.0 Å². The van der Waals surface area contributed by atoms with Crippen molar-refractivity contribution in [2.45, 2.75) is 18.6 Å². The zero-order valence-electron chi connectivity index (χ0n) is 8.38. The van der Waals surface area contributed by atoms with Crippen LogP contribution in [0.2, 0.25) is 0 Å². The standard InChI is InChI=1S/C10H10F3NO2/c1-9(10(11,12)13,14-8(15)16)7-5-3-2-4-6-7/h2-6,14H,1H3,(H,15,16). The molecule has 2 N–H and O–H groups in total. The van der Waals surface area contributed by atoms with E-state index in [-0.39, 0.29) is 5.56 Å². The Bertz CT molecular complexity index is 377. The summed E-state index contributed by atoms with van der Waals surface area (Å²) in [7, 11) is 0. The van der Waals surface area contributed by atoms with E-state index in [1.165, 1.54) is 29.6 Å². The molecule has 1 aromatic rings. The zero-order chi connectivity index (χ0) is 12.4. The number of carbonyl (C=O) groups is 1. The maximum atomic E-state index is 12.8. The highest BCUT2D eigenvalue weighted by atomic mass is 19.4. The van der Waals surface area contributed by atoms with Gasteiger partial charge in [-0.15, -0.1) is 0 Å².